The fourth-order valence-corrected chi connectivity index (χ4v) is 8.90. The number of rotatable bonds is 59. The highest BCUT2D eigenvalue weighted by molar-refractivity contribution is 5.71. The maximum absolute atomic E-state index is 12.9. The lowest BCUT2D eigenvalue weighted by Gasteiger charge is -2.18. The summed E-state index contributed by atoms with van der Waals surface area (Å²) in [7, 11) is 0. The molecule has 1 atom stereocenters. The molecule has 0 saturated carbocycles. The van der Waals surface area contributed by atoms with E-state index in [-0.39, 0.29) is 31.1 Å². The van der Waals surface area contributed by atoms with Crippen molar-refractivity contribution in [1.82, 2.24) is 0 Å². The van der Waals surface area contributed by atoms with Crippen molar-refractivity contribution in [1.29, 1.82) is 0 Å². The Hall–Kier alpha value is -4.45. The summed E-state index contributed by atoms with van der Waals surface area (Å²) in [4.78, 5) is 38.2. The number of hydrogen-bond acceptors (Lipinski definition) is 6. The van der Waals surface area contributed by atoms with Crippen molar-refractivity contribution in [2.45, 2.75) is 303 Å². The van der Waals surface area contributed by atoms with E-state index in [0.29, 0.717) is 19.3 Å². The van der Waals surface area contributed by atoms with Crippen LogP contribution in [0.1, 0.15) is 297 Å². The number of ether oxygens (including phenoxy) is 3. The van der Waals surface area contributed by atoms with Crippen LogP contribution in [0.5, 0.6) is 0 Å². The van der Waals surface area contributed by atoms with Gasteiger partial charge in [0.25, 0.3) is 0 Å². The van der Waals surface area contributed by atoms with Crippen molar-refractivity contribution < 1.29 is 28.6 Å². The average Bonchev–Trinajstić information content (AvgIpc) is 3.46. The summed E-state index contributed by atoms with van der Waals surface area (Å²) in [5, 5.41) is 0. The highest BCUT2D eigenvalue weighted by Crippen LogP contribution is 2.15. The molecule has 0 fully saturated rings. The van der Waals surface area contributed by atoms with E-state index >= 15 is 0 Å². The smallest absolute Gasteiger partial charge is 0.306 e. The molecule has 0 saturated heterocycles. The van der Waals surface area contributed by atoms with Gasteiger partial charge >= 0.3 is 17.9 Å². The van der Waals surface area contributed by atoms with Gasteiger partial charge in [0.1, 0.15) is 13.2 Å². The monoisotopic (exact) mass is 1110 g/mol. The van der Waals surface area contributed by atoms with Crippen molar-refractivity contribution in [3.05, 3.63) is 134 Å². The second kappa shape index (κ2) is 67.1. The van der Waals surface area contributed by atoms with Crippen molar-refractivity contribution in [3.8, 4) is 0 Å². The Morgan fingerprint density at radius 2 is 0.512 bits per heavy atom. The second-order valence-corrected chi connectivity index (χ2v) is 21.6. The number of hydrogen-bond donors (Lipinski definition) is 0. The zero-order valence-corrected chi connectivity index (χ0v) is 52.0. The Labute approximate surface area is 494 Å². The molecular weight excluding hydrogens is 985 g/mol. The molecule has 0 spiro atoms. The predicted molar refractivity (Wildman–Crippen MR) is 348 cm³/mol. The third-order valence-corrected chi connectivity index (χ3v) is 13.8. The highest BCUT2D eigenvalue weighted by Gasteiger charge is 2.19. The average molecular weight is 1110 g/mol. The lowest BCUT2D eigenvalue weighted by molar-refractivity contribution is -0.167. The van der Waals surface area contributed by atoms with Crippen LogP contribution in [0.2, 0.25) is 0 Å². The van der Waals surface area contributed by atoms with Gasteiger partial charge < -0.3 is 14.2 Å². The fraction of sp³-hybridized carbons (Fsp3) is 0.662. The molecule has 0 aliphatic heterocycles. The largest absolute Gasteiger partial charge is 0.462 e. The van der Waals surface area contributed by atoms with Crippen LogP contribution in [-0.4, -0.2) is 37.2 Å². The van der Waals surface area contributed by atoms with Gasteiger partial charge in [0.15, 0.2) is 6.10 Å². The zero-order chi connectivity index (χ0) is 57.8. The van der Waals surface area contributed by atoms with Crippen LogP contribution >= 0.6 is 0 Å². The molecule has 0 aliphatic rings. The number of carbonyl (C=O) groups excluding carboxylic acids is 3. The first kappa shape index (κ1) is 75.5. The van der Waals surface area contributed by atoms with Gasteiger partial charge in [-0.3, -0.25) is 14.4 Å². The van der Waals surface area contributed by atoms with Crippen molar-refractivity contribution in [2.24, 2.45) is 0 Å². The molecule has 0 heterocycles. The van der Waals surface area contributed by atoms with E-state index in [1.165, 1.54) is 116 Å². The van der Waals surface area contributed by atoms with E-state index in [1.807, 2.05) is 0 Å². The molecule has 0 aromatic carbocycles. The summed E-state index contributed by atoms with van der Waals surface area (Å²) in [6.07, 6.45) is 94.7. The summed E-state index contributed by atoms with van der Waals surface area (Å²) < 4.78 is 16.9. The summed E-state index contributed by atoms with van der Waals surface area (Å²) >= 11 is 0. The molecule has 0 aromatic rings. The van der Waals surface area contributed by atoms with Crippen LogP contribution < -0.4 is 0 Å². The van der Waals surface area contributed by atoms with Gasteiger partial charge in [0.05, 0.1) is 0 Å². The molecular formula is C74H122O6. The normalized spacial score (nSPS) is 13.0. The van der Waals surface area contributed by atoms with Gasteiger partial charge in [-0.1, -0.05) is 276 Å². The van der Waals surface area contributed by atoms with Crippen molar-refractivity contribution in [2.75, 3.05) is 13.2 Å². The fourth-order valence-electron chi connectivity index (χ4n) is 8.90. The Kier molecular flexibility index (Phi) is 63.3. The molecule has 0 aromatic heterocycles. The molecule has 0 amide bonds. The summed E-state index contributed by atoms with van der Waals surface area (Å²) in [6, 6.07) is 0. The Bertz CT molecular complexity index is 1700. The molecule has 0 N–H and O–H groups in total. The van der Waals surface area contributed by atoms with E-state index in [9.17, 15) is 14.4 Å². The molecule has 80 heavy (non-hydrogen) atoms. The van der Waals surface area contributed by atoms with Crippen LogP contribution in [0.15, 0.2) is 134 Å². The Morgan fingerprint density at radius 1 is 0.263 bits per heavy atom. The molecule has 6 heteroatoms. The van der Waals surface area contributed by atoms with Crippen LogP contribution in [-0.2, 0) is 28.6 Å². The molecule has 0 rings (SSSR count). The summed E-state index contributed by atoms with van der Waals surface area (Å²) in [5.74, 6) is -0.940. The van der Waals surface area contributed by atoms with Crippen molar-refractivity contribution >= 4 is 17.9 Å². The van der Waals surface area contributed by atoms with Crippen LogP contribution in [0, 0.1) is 0 Å². The van der Waals surface area contributed by atoms with Crippen LogP contribution in [0.3, 0.4) is 0 Å². The standard InChI is InChI=1S/C74H122O6/c1-4-7-10-13-16-19-22-24-26-28-30-32-33-34-35-36-37-38-39-40-41-43-44-46-48-50-52-55-58-61-64-67-73(76)79-70-71(69-78-72(75)66-63-60-57-54-21-18-15-12-9-6-3)80-74(77)68-65-62-59-56-53-51-49-47-45-42-31-29-27-25-23-20-17-14-11-8-5-2/h7,10,12,15-16,19,24,26,29-32,34-35,37-38,40-41,44,46,50,52,71H,4-6,8-9,11,13-14,17-18,20-23,25,27-28,33,36,39,42-43,45,47-49,51,53-70H2,1-3H3/b10-7-,15-12-,19-16-,26-24-,31-29-,32-30-,35-34-,38-37-,41-40-,46-44-,52-50-. The minimum atomic E-state index is -0.801. The summed E-state index contributed by atoms with van der Waals surface area (Å²) in [6.45, 7) is 6.44. The van der Waals surface area contributed by atoms with Gasteiger partial charge in [0, 0.05) is 19.3 Å². The predicted octanol–water partition coefficient (Wildman–Crippen LogP) is 22.9. The minimum Gasteiger partial charge on any atom is -0.462 e. The number of unbranched alkanes of at least 4 members (excludes halogenated alkanes) is 26. The summed E-state index contributed by atoms with van der Waals surface area (Å²) in [5.41, 5.74) is 0. The van der Waals surface area contributed by atoms with Crippen molar-refractivity contribution in [3.63, 3.8) is 0 Å². The number of allylic oxidation sites excluding steroid dienone is 22. The maximum atomic E-state index is 12.9. The van der Waals surface area contributed by atoms with Gasteiger partial charge in [-0.05, 0) is 135 Å². The first-order valence-corrected chi connectivity index (χ1v) is 33.2. The SMILES string of the molecule is CC/C=C\C/C=C\C/C=C\C/C=C\C/C=C\C/C=C\C/C=C\C/C=C\C/C=C\CCCCCC(=O)OCC(COC(=O)CCCCCCC/C=C\CCC)OC(=O)CCCCCCCCCCC/C=C\CCCCCCCCCC. The van der Waals surface area contributed by atoms with Gasteiger partial charge in [-0.25, -0.2) is 0 Å². The minimum absolute atomic E-state index is 0.0964. The zero-order valence-electron chi connectivity index (χ0n) is 52.0. The molecule has 454 valence electrons. The van der Waals surface area contributed by atoms with Crippen LogP contribution in [0.25, 0.3) is 0 Å². The Morgan fingerprint density at radius 3 is 0.838 bits per heavy atom. The third-order valence-electron chi connectivity index (χ3n) is 13.8. The molecule has 0 aliphatic carbocycles. The van der Waals surface area contributed by atoms with E-state index < -0.39 is 6.10 Å². The maximum Gasteiger partial charge on any atom is 0.306 e. The lowest BCUT2D eigenvalue weighted by atomic mass is 10.1. The first-order chi connectivity index (χ1) is 39.5. The van der Waals surface area contributed by atoms with E-state index in [2.05, 4.69) is 154 Å². The second-order valence-electron chi connectivity index (χ2n) is 21.6. The number of carbonyl (C=O) groups is 3. The van der Waals surface area contributed by atoms with E-state index in [0.717, 1.165) is 141 Å². The molecule has 6 nitrogen and oxygen atoms in total. The quantitative estimate of drug-likeness (QED) is 0.0261. The van der Waals surface area contributed by atoms with E-state index in [1.54, 1.807) is 0 Å². The van der Waals surface area contributed by atoms with Gasteiger partial charge in [-0.15, -0.1) is 0 Å². The number of esters is 3. The Balaban J connectivity index is 4.33. The molecule has 0 radical (unpaired) electrons. The van der Waals surface area contributed by atoms with Gasteiger partial charge in [0.2, 0.25) is 0 Å². The molecule has 1 unspecified atom stereocenters. The third kappa shape index (κ3) is 64.4. The highest BCUT2D eigenvalue weighted by atomic mass is 16.6. The van der Waals surface area contributed by atoms with Crippen LogP contribution in [0.4, 0.5) is 0 Å². The lowest BCUT2D eigenvalue weighted by Crippen LogP contribution is -2.30. The van der Waals surface area contributed by atoms with Gasteiger partial charge in [-0.2, -0.15) is 0 Å². The topological polar surface area (TPSA) is 78.9 Å². The van der Waals surface area contributed by atoms with E-state index in [4.69, 9.17) is 14.2 Å². The molecule has 0 bridgehead atoms. The first-order valence-electron chi connectivity index (χ1n) is 33.2.